The van der Waals surface area contributed by atoms with Gasteiger partial charge in [-0.05, 0) is 56.0 Å². The third kappa shape index (κ3) is 3.76. The summed E-state index contributed by atoms with van der Waals surface area (Å²) in [6, 6.07) is 12.1. The minimum Gasteiger partial charge on any atom is -0.466 e. The molecule has 1 N–H and O–H groups in total. The van der Waals surface area contributed by atoms with E-state index < -0.39 is 41.1 Å². The lowest BCUT2D eigenvalue weighted by Crippen LogP contribution is -2.59. The number of anilines is 1. The van der Waals surface area contributed by atoms with Gasteiger partial charge in [0.25, 0.3) is 5.91 Å². The third-order valence-electron chi connectivity index (χ3n) is 8.69. The van der Waals surface area contributed by atoms with Gasteiger partial charge in [-0.2, -0.15) is 0 Å². The van der Waals surface area contributed by atoms with E-state index in [9.17, 15) is 19.5 Å². The summed E-state index contributed by atoms with van der Waals surface area (Å²) in [7, 11) is 0. The number of hydrogen-bond acceptors (Lipinski definition) is 6. The fourth-order valence-electron chi connectivity index (χ4n) is 6.98. The number of rotatable bonds is 9. The van der Waals surface area contributed by atoms with Crippen molar-refractivity contribution in [3.8, 4) is 0 Å². The highest BCUT2D eigenvalue weighted by Gasteiger charge is 2.79. The molecule has 0 saturated carbocycles. The SMILES string of the molecule is C=CCN(C(=O)C1N([C@@H](CC)CO)C(=O)[C@@H]2[C@H](C(=O)OCC)[C@]3(C)CCC12O3)c1ccc2ccccc2c1. The molecule has 3 aliphatic rings. The molecule has 0 aromatic heterocycles. The average Bonchev–Trinajstić information content (AvgIpc) is 3.48. The summed E-state index contributed by atoms with van der Waals surface area (Å²) < 4.78 is 12.0. The van der Waals surface area contributed by atoms with Gasteiger partial charge in [0, 0.05) is 12.2 Å². The Labute approximate surface area is 223 Å². The molecule has 202 valence electrons. The van der Waals surface area contributed by atoms with Crippen molar-refractivity contribution in [1.82, 2.24) is 4.90 Å². The highest BCUT2D eigenvalue weighted by Crippen LogP contribution is 2.63. The zero-order chi connectivity index (χ0) is 27.2. The van der Waals surface area contributed by atoms with Gasteiger partial charge in [0.05, 0.1) is 30.8 Å². The van der Waals surface area contributed by atoms with Gasteiger partial charge in [0.2, 0.25) is 5.91 Å². The Morgan fingerprint density at radius 2 is 1.97 bits per heavy atom. The molecule has 3 saturated heterocycles. The summed E-state index contributed by atoms with van der Waals surface area (Å²) in [5.74, 6) is -2.78. The fraction of sp³-hybridized carbons (Fsp3) is 0.500. The summed E-state index contributed by atoms with van der Waals surface area (Å²) in [6.07, 6.45) is 3.10. The molecule has 2 unspecified atom stereocenters. The first-order valence-corrected chi connectivity index (χ1v) is 13.5. The molecule has 2 amide bonds. The van der Waals surface area contributed by atoms with Crippen molar-refractivity contribution in [2.75, 3.05) is 24.7 Å². The Kier molecular flexibility index (Phi) is 6.82. The van der Waals surface area contributed by atoms with Crippen molar-refractivity contribution < 1.29 is 29.0 Å². The maximum atomic E-state index is 14.6. The van der Waals surface area contributed by atoms with Crippen LogP contribution in [0.1, 0.15) is 40.0 Å². The van der Waals surface area contributed by atoms with Gasteiger partial charge < -0.3 is 24.4 Å². The van der Waals surface area contributed by atoms with E-state index in [0.717, 1.165) is 10.8 Å². The van der Waals surface area contributed by atoms with Gasteiger partial charge in [-0.15, -0.1) is 6.58 Å². The van der Waals surface area contributed by atoms with Crippen LogP contribution in [0.4, 0.5) is 5.69 Å². The van der Waals surface area contributed by atoms with Gasteiger partial charge >= 0.3 is 5.97 Å². The first kappa shape index (κ1) is 26.4. The summed E-state index contributed by atoms with van der Waals surface area (Å²) in [6.45, 7) is 9.43. The van der Waals surface area contributed by atoms with Gasteiger partial charge in [0.1, 0.15) is 17.6 Å². The number of hydrogen-bond donors (Lipinski definition) is 1. The number of carbonyl (C=O) groups is 3. The Balaban J connectivity index is 1.63. The van der Waals surface area contributed by atoms with E-state index in [-0.39, 0.29) is 31.6 Å². The Morgan fingerprint density at radius 3 is 2.63 bits per heavy atom. The number of benzene rings is 2. The Hall–Kier alpha value is -3.23. The van der Waals surface area contributed by atoms with E-state index in [1.54, 1.807) is 17.9 Å². The van der Waals surface area contributed by atoms with E-state index in [1.165, 1.54) is 4.90 Å². The standard InChI is InChI=1S/C30H36N2O6/c1-5-16-31(22-13-12-19-10-8-9-11-20(19)17-22)27(35)25-30-15-14-29(4,38-30)24(28(36)37-7-3)23(30)26(34)32(25)21(6-2)18-33/h5,8-13,17,21,23-25,33H,1,6-7,14-16,18H2,2-4H3/t21-,23-,24+,25?,29-,30?/m0/s1. The second-order valence-electron chi connectivity index (χ2n) is 10.7. The highest BCUT2D eigenvalue weighted by atomic mass is 16.6. The van der Waals surface area contributed by atoms with Gasteiger partial charge in [0.15, 0.2) is 0 Å². The number of amides is 2. The van der Waals surface area contributed by atoms with E-state index in [2.05, 4.69) is 6.58 Å². The van der Waals surface area contributed by atoms with Crippen LogP contribution in [0.15, 0.2) is 55.1 Å². The molecule has 6 atom stereocenters. The average molecular weight is 521 g/mol. The van der Waals surface area contributed by atoms with Crippen molar-refractivity contribution in [3.63, 3.8) is 0 Å². The normalized spacial score (nSPS) is 30.4. The Bertz CT molecular complexity index is 1270. The van der Waals surface area contributed by atoms with E-state index in [4.69, 9.17) is 9.47 Å². The maximum absolute atomic E-state index is 14.6. The summed E-state index contributed by atoms with van der Waals surface area (Å²) in [5, 5.41) is 12.3. The molecule has 8 heteroatoms. The lowest BCUT2D eigenvalue weighted by molar-refractivity contribution is -0.160. The van der Waals surface area contributed by atoms with Crippen molar-refractivity contribution >= 4 is 34.2 Å². The molecule has 2 bridgehead atoms. The molecule has 2 aromatic rings. The first-order valence-electron chi connectivity index (χ1n) is 13.5. The number of nitrogens with zero attached hydrogens (tertiary/aromatic N) is 2. The topological polar surface area (TPSA) is 96.4 Å². The van der Waals surface area contributed by atoms with Crippen LogP contribution < -0.4 is 4.90 Å². The van der Waals surface area contributed by atoms with Crippen LogP contribution in [0.2, 0.25) is 0 Å². The number of ether oxygens (including phenoxy) is 2. The smallest absolute Gasteiger partial charge is 0.312 e. The van der Waals surface area contributed by atoms with Crippen LogP contribution in [0, 0.1) is 11.8 Å². The van der Waals surface area contributed by atoms with Crippen molar-refractivity contribution in [3.05, 3.63) is 55.1 Å². The molecule has 0 aliphatic carbocycles. The van der Waals surface area contributed by atoms with Crippen LogP contribution in [-0.4, -0.2) is 70.8 Å². The van der Waals surface area contributed by atoms with Gasteiger partial charge in [-0.25, -0.2) is 0 Å². The molecule has 8 nitrogen and oxygen atoms in total. The second-order valence-corrected chi connectivity index (χ2v) is 10.7. The Morgan fingerprint density at radius 1 is 1.24 bits per heavy atom. The maximum Gasteiger partial charge on any atom is 0.312 e. The quantitative estimate of drug-likeness (QED) is 0.402. The van der Waals surface area contributed by atoms with Crippen LogP contribution in [0.5, 0.6) is 0 Å². The van der Waals surface area contributed by atoms with E-state index in [0.29, 0.717) is 24.9 Å². The van der Waals surface area contributed by atoms with Crippen molar-refractivity contribution in [2.45, 2.75) is 63.3 Å². The van der Waals surface area contributed by atoms with Crippen molar-refractivity contribution in [1.29, 1.82) is 0 Å². The highest BCUT2D eigenvalue weighted by molar-refractivity contribution is 6.05. The molecule has 1 spiro atoms. The lowest BCUT2D eigenvalue weighted by atomic mass is 9.66. The zero-order valence-corrected chi connectivity index (χ0v) is 22.3. The van der Waals surface area contributed by atoms with Crippen LogP contribution in [-0.2, 0) is 23.9 Å². The number of aliphatic hydroxyl groups is 1. The monoisotopic (exact) mass is 520 g/mol. The van der Waals surface area contributed by atoms with Crippen LogP contribution in [0.25, 0.3) is 10.8 Å². The predicted octanol–water partition coefficient (Wildman–Crippen LogP) is 3.46. The molecule has 5 rings (SSSR count). The van der Waals surface area contributed by atoms with Crippen molar-refractivity contribution in [2.24, 2.45) is 11.8 Å². The zero-order valence-electron chi connectivity index (χ0n) is 22.3. The number of fused-ring (bicyclic) bond motifs is 2. The van der Waals surface area contributed by atoms with E-state index >= 15 is 0 Å². The minimum absolute atomic E-state index is 0.189. The van der Waals surface area contributed by atoms with Gasteiger partial charge in [-0.3, -0.25) is 14.4 Å². The first-order chi connectivity index (χ1) is 18.3. The number of aliphatic hydroxyl groups excluding tert-OH is 1. The number of esters is 1. The number of likely N-dealkylation sites (tertiary alicyclic amines) is 1. The summed E-state index contributed by atoms with van der Waals surface area (Å²) in [5.41, 5.74) is -1.40. The molecule has 3 fully saturated rings. The fourth-order valence-corrected chi connectivity index (χ4v) is 6.98. The molecule has 3 aliphatic heterocycles. The summed E-state index contributed by atoms with van der Waals surface area (Å²) >= 11 is 0. The molecule has 38 heavy (non-hydrogen) atoms. The predicted molar refractivity (Wildman–Crippen MR) is 143 cm³/mol. The molecular formula is C30H36N2O6. The van der Waals surface area contributed by atoms with Crippen LogP contribution in [0.3, 0.4) is 0 Å². The number of carbonyl (C=O) groups excluding carboxylic acids is 3. The van der Waals surface area contributed by atoms with Gasteiger partial charge in [-0.1, -0.05) is 43.3 Å². The minimum atomic E-state index is -1.18. The molecule has 3 heterocycles. The molecular weight excluding hydrogens is 484 g/mol. The second kappa shape index (κ2) is 9.82. The van der Waals surface area contributed by atoms with Crippen LogP contribution >= 0.6 is 0 Å². The van der Waals surface area contributed by atoms with E-state index in [1.807, 2.05) is 56.3 Å². The third-order valence-corrected chi connectivity index (χ3v) is 8.69. The molecule has 0 radical (unpaired) electrons. The lowest BCUT2D eigenvalue weighted by Gasteiger charge is -2.39. The largest absolute Gasteiger partial charge is 0.466 e. The molecule has 2 aromatic carbocycles. The summed E-state index contributed by atoms with van der Waals surface area (Å²) in [4.78, 5) is 45.0.